The number of phenols is 1. The summed E-state index contributed by atoms with van der Waals surface area (Å²) in [5.41, 5.74) is 7.39. The molecule has 0 spiro atoms. The molecule has 0 aliphatic heterocycles. The van der Waals surface area contributed by atoms with Gasteiger partial charge in [0.15, 0.2) is 5.11 Å². The first-order chi connectivity index (χ1) is 10.9. The summed E-state index contributed by atoms with van der Waals surface area (Å²) in [5, 5.41) is 24.4. The second kappa shape index (κ2) is 6.89. The lowest BCUT2D eigenvalue weighted by Gasteiger charge is -2.17. The molecule has 0 saturated heterocycles. The van der Waals surface area contributed by atoms with Gasteiger partial charge in [-0.1, -0.05) is 18.2 Å². The van der Waals surface area contributed by atoms with E-state index in [0.717, 1.165) is 0 Å². The number of aryl methyl sites for hydroxylation is 1. The van der Waals surface area contributed by atoms with Gasteiger partial charge in [-0.3, -0.25) is 0 Å². The van der Waals surface area contributed by atoms with Crippen LogP contribution in [0.1, 0.15) is 21.5 Å². The van der Waals surface area contributed by atoms with Gasteiger partial charge in [0, 0.05) is 5.56 Å². The van der Waals surface area contributed by atoms with Crippen LogP contribution in [0.25, 0.3) is 0 Å². The van der Waals surface area contributed by atoms with Crippen molar-refractivity contribution in [3.8, 4) is 5.75 Å². The lowest BCUT2D eigenvalue weighted by molar-refractivity contribution is 0.0697. The van der Waals surface area contributed by atoms with E-state index in [1.807, 2.05) is 0 Å². The van der Waals surface area contributed by atoms with Crippen LogP contribution < -0.4 is 10.7 Å². The van der Waals surface area contributed by atoms with Crippen molar-refractivity contribution in [1.29, 1.82) is 0 Å². The Morgan fingerprint density at radius 2 is 2.00 bits per heavy atom. The number of thiocarbonyl (C=S) groups is 1. The first-order valence-electron chi connectivity index (χ1n) is 6.65. The molecule has 23 heavy (non-hydrogen) atoms. The molecule has 0 aliphatic carbocycles. The summed E-state index contributed by atoms with van der Waals surface area (Å²) in [7, 11) is 0. The summed E-state index contributed by atoms with van der Waals surface area (Å²) in [5.74, 6) is -0.950. The van der Waals surface area contributed by atoms with Crippen LogP contribution in [0.15, 0.2) is 47.6 Å². The standard InChI is InChI=1S/C16H15N3O3S/c1-10-4-2-6-12(14(10)20)9-18-19(16(17)23)13-7-3-5-11(8-13)15(21)22/h2-9,20H,1H3,(H2,17,23)(H,21,22). The van der Waals surface area contributed by atoms with Crippen LogP contribution in [0.5, 0.6) is 5.75 Å². The van der Waals surface area contributed by atoms with Crippen LogP contribution in [0.2, 0.25) is 0 Å². The zero-order valence-corrected chi connectivity index (χ0v) is 13.1. The maximum atomic E-state index is 11.1. The number of hydrogen-bond donors (Lipinski definition) is 3. The molecule has 0 unspecified atom stereocenters. The topological polar surface area (TPSA) is 99.2 Å². The van der Waals surface area contributed by atoms with Crippen molar-refractivity contribution in [1.82, 2.24) is 0 Å². The number of aromatic carboxylic acids is 1. The Morgan fingerprint density at radius 1 is 1.30 bits per heavy atom. The van der Waals surface area contributed by atoms with Gasteiger partial charge in [0.2, 0.25) is 0 Å². The molecular formula is C16H15N3O3S. The third kappa shape index (κ3) is 3.83. The predicted octanol–water partition coefficient (Wildman–Crippen LogP) is 2.48. The maximum Gasteiger partial charge on any atom is 0.335 e. The fourth-order valence-corrected chi connectivity index (χ4v) is 2.08. The highest BCUT2D eigenvalue weighted by atomic mass is 32.1. The highest BCUT2D eigenvalue weighted by molar-refractivity contribution is 7.80. The highest BCUT2D eigenvalue weighted by Gasteiger charge is 2.11. The van der Waals surface area contributed by atoms with Crippen LogP contribution in [0.3, 0.4) is 0 Å². The molecule has 0 atom stereocenters. The van der Waals surface area contributed by atoms with Crippen LogP contribution in [0, 0.1) is 6.92 Å². The van der Waals surface area contributed by atoms with Crippen LogP contribution in [0.4, 0.5) is 5.69 Å². The fourth-order valence-electron chi connectivity index (χ4n) is 1.93. The Kier molecular flexibility index (Phi) is 4.92. The number of rotatable bonds is 4. The molecule has 2 aromatic carbocycles. The average Bonchev–Trinajstić information content (AvgIpc) is 2.51. The molecule has 4 N–H and O–H groups in total. The Labute approximate surface area is 138 Å². The Morgan fingerprint density at radius 3 is 2.65 bits per heavy atom. The lowest BCUT2D eigenvalue weighted by Crippen LogP contribution is -2.31. The molecule has 0 bridgehead atoms. The summed E-state index contributed by atoms with van der Waals surface area (Å²) in [6.07, 6.45) is 1.41. The van der Waals surface area contributed by atoms with Crippen molar-refractivity contribution in [3.63, 3.8) is 0 Å². The number of nitrogens with two attached hydrogens (primary N) is 1. The van der Waals surface area contributed by atoms with Crippen LogP contribution in [-0.2, 0) is 0 Å². The van der Waals surface area contributed by atoms with E-state index in [9.17, 15) is 9.90 Å². The predicted molar refractivity (Wildman–Crippen MR) is 93.1 cm³/mol. The smallest absolute Gasteiger partial charge is 0.335 e. The number of phenolic OH excluding ortho intramolecular Hbond substituents is 1. The number of aromatic hydroxyl groups is 1. The van der Waals surface area contributed by atoms with Gasteiger partial charge < -0.3 is 15.9 Å². The summed E-state index contributed by atoms with van der Waals surface area (Å²) >= 11 is 4.96. The maximum absolute atomic E-state index is 11.1. The fraction of sp³-hybridized carbons (Fsp3) is 0.0625. The number of carbonyl (C=O) groups is 1. The number of nitrogens with zero attached hydrogens (tertiary/aromatic N) is 2. The Balaban J connectivity index is 2.38. The minimum atomic E-state index is -1.06. The average molecular weight is 329 g/mol. The molecule has 6 nitrogen and oxygen atoms in total. The van der Waals surface area contributed by atoms with Gasteiger partial charge in [0.1, 0.15) is 5.75 Å². The lowest BCUT2D eigenvalue weighted by atomic mass is 10.1. The number of carboxylic acids is 1. The molecule has 118 valence electrons. The number of carboxylic acid groups (broad SMARTS) is 1. The van der Waals surface area contributed by atoms with E-state index in [2.05, 4.69) is 5.10 Å². The molecule has 0 radical (unpaired) electrons. The first kappa shape index (κ1) is 16.4. The molecule has 0 aliphatic rings. The van der Waals surface area contributed by atoms with E-state index in [4.69, 9.17) is 23.1 Å². The van der Waals surface area contributed by atoms with Crippen molar-refractivity contribution in [2.24, 2.45) is 10.8 Å². The quantitative estimate of drug-likeness (QED) is 0.453. The summed E-state index contributed by atoms with van der Waals surface area (Å²) in [4.78, 5) is 11.1. The number of benzene rings is 2. The van der Waals surface area contributed by atoms with Crippen molar-refractivity contribution >= 4 is 35.2 Å². The summed E-state index contributed by atoms with van der Waals surface area (Å²) in [6, 6.07) is 11.3. The minimum absolute atomic E-state index is 0.0454. The van der Waals surface area contributed by atoms with E-state index >= 15 is 0 Å². The Bertz CT molecular complexity index is 790. The van der Waals surface area contributed by atoms with Crippen LogP contribution in [-0.4, -0.2) is 27.5 Å². The zero-order valence-electron chi connectivity index (χ0n) is 12.3. The molecule has 7 heteroatoms. The normalized spacial score (nSPS) is 10.7. The van der Waals surface area contributed by atoms with Crippen molar-refractivity contribution in [2.45, 2.75) is 6.92 Å². The third-order valence-corrected chi connectivity index (χ3v) is 3.30. The molecule has 0 aromatic heterocycles. The van der Waals surface area contributed by atoms with Gasteiger partial charge in [-0.15, -0.1) is 0 Å². The molecule has 2 rings (SSSR count). The first-order valence-corrected chi connectivity index (χ1v) is 7.06. The van der Waals surface area contributed by atoms with Gasteiger partial charge in [-0.05, 0) is 49.0 Å². The second-order valence-electron chi connectivity index (χ2n) is 4.76. The number of anilines is 1. The SMILES string of the molecule is Cc1cccc(C=NN(C(N)=S)c2cccc(C(=O)O)c2)c1O. The molecule has 0 saturated carbocycles. The van der Waals surface area contributed by atoms with Gasteiger partial charge in [-0.2, -0.15) is 5.10 Å². The van der Waals surface area contributed by atoms with Crippen molar-refractivity contribution in [2.75, 3.05) is 5.01 Å². The van der Waals surface area contributed by atoms with E-state index in [1.165, 1.54) is 23.4 Å². The van der Waals surface area contributed by atoms with Gasteiger partial charge in [0.25, 0.3) is 0 Å². The van der Waals surface area contributed by atoms with Crippen LogP contribution >= 0.6 is 12.2 Å². The second-order valence-corrected chi connectivity index (χ2v) is 5.18. The molecule has 0 amide bonds. The van der Waals surface area contributed by atoms with Gasteiger partial charge in [-0.25, -0.2) is 9.80 Å². The van der Waals surface area contributed by atoms with Crippen molar-refractivity contribution in [3.05, 3.63) is 59.2 Å². The van der Waals surface area contributed by atoms with Crippen molar-refractivity contribution < 1.29 is 15.0 Å². The number of hydrogen-bond acceptors (Lipinski definition) is 4. The molecule has 0 heterocycles. The number of para-hydroxylation sites is 1. The Hall–Kier alpha value is -2.93. The largest absolute Gasteiger partial charge is 0.507 e. The molecule has 2 aromatic rings. The van der Waals surface area contributed by atoms with E-state index < -0.39 is 5.97 Å². The summed E-state index contributed by atoms with van der Waals surface area (Å²) < 4.78 is 0. The summed E-state index contributed by atoms with van der Waals surface area (Å²) in [6.45, 7) is 1.77. The molecule has 0 fully saturated rings. The van der Waals surface area contributed by atoms with E-state index in [0.29, 0.717) is 16.8 Å². The number of hydrazone groups is 1. The van der Waals surface area contributed by atoms with Gasteiger partial charge in [0.05, 0.1) is 17.5 Å². The minimum Gasteiger partial charge on any atom is -0.507 e. The van der Waals surface area contributed by atoms with E-state index in [-0.39, 0.29) is 16.4 Å². The molecular weight excluding hydrogens is 314 g/mol. The van der Waals surface area contributed by atoms with E-state index in [1.54, 1.807) is 37.3 Å². The highest BCUT2D eigenvalue weighted by Crippen LogP contribution is 2.21. The zero-order chi connectivity index (χ0) is 17.0. The van der Waals surface area contributed by atoms with Gasteiger partial charge >= 0.3 is 5.97 Å². The monoisotopic (exact) mass is 329 g/mol. The third-order valence-electron chi connectivity index (χ3n) is 3.13.